The lowest BCUT2D eigenvalue weighted by molar-refractivity contribution is 0.0239. The lowest BCUT2D eigenvalue weighted by Gasteiger charge is -2.28. The zero-order valence-electron chi connectivity index (χ0n) is 7.85. The Kier molecular flexibility index (Phi) is 5.96. The Hall–Kier alpha value is -0.280. The summed E-state index contributed by atoms with van der Waals surface area (Å²) in [5.41, 5.74) is 0. The minimum absolute atomic E-state index is 0.260. The maximum atomic E-state index is 9.37. The van der Waals surface area contributed by atoms with Crippen molar-refractivity contribution in [2.45, 2.75) is 6.42 Å². The lowest BCUT2D eigenvalue weighted by Crippen LogP contribution is -2.43. The average Bonchev–Trinajstić information content (AvgIpc) is 2.20. The van der Waals surface area contributed by atoms with Gasteiger partial charge in [0.25, 0.3) is 8.53 Å². The number of nitrogens with one attached hydrogen (secondary N) is 1. The van der Waals surface area contributed by atoms with Gasteiger partial charge < -0.3 is 14.2 Å². The van der Waals surface area contributed by atoms with Crippen molar-refractivity contribution in [3.8, 4) is 6.07 Å². The van der Waals surface area contributed by atoms with Crippen LogP contribution in [-0.4, -0.2) is 42.8 Å². The van der Waals surface area contributed by atoms with E-state index in [1.807, 2.05) is 11.1 Å². The SMILES string of the molecule is N#CCCOP(O)NN1CCOCC1. The van der Waals surface area contributed by atoms with Crippen LogP contribution in [0, 0.1) is 11.3 Å². The molecule has 1 aliphatic rings. The van der Waals surface area contributed by atoms with Crippen molar-refractivity contribution in [2.24, 2.45) is 0 Å². The number of morpholine rings is 1. The van der Waals surface area contributed by atoms with E-state index in [9.17, 15) is 4.89 Å². The maximum Gasteiger partial charge on any atom is 0.267 e. The van der Waals surface area contributed by atoms with Crippen molar-refractivity contribution in [2.75, 3.05) is 32.9 Å². The zero-order chi connectivity index (χ0) is 10.2. The molecular weight excluding hydrogens is 205 g/mol. The van der Waals surface area contributed by atoms with Gasteiger partial charge in [0.1, 0.15) is 0 Å². The summed E-state index contributed by atoms with van der Waals surface area (Å²) in [4.78, 5) is 9.37. The molecule has 0 aromatic heterocycles. The molecule has 80 valence electrons. The second-order valence-corrected chi connectivity index (χ2v) is 3.72. The number of hydrogen-bond acceptors (Lipinski definition) is 6. The molecule has 2 N–H and O–H groups in total. The lowest BCUT2D eigenvalue weighted by atomic mass is 10.5. The van der Waals surface area contributed by atoms with Gasteiger partial charge in [0.05, 0.1) is 32.3 Å². The van der Waals surface area contributed by atoms with Gasteiger partial charge in [0, 0.05) is 13.1 Å². The van der Waals surface area contributed by atoms with Gasteiger partial charge in [-0.3, -0.25) is 0 Å². The molecule has 0 spiro atoms. The van der Waals surface area contributed by atoms with E-state index >= 15 is 0 Å². The van der Waals surface area contributed by atoms with E-state index in [4.69, 9.17) is 14.5 Å². The zero-order valence-corrected chi connectivity index (χ0v) is 8.74. The molecule has 1 rings (SSSR count). The number of rotatable bonds is 5. The van der Waals surface area contributed by atoms with E-state index in [0.717, 1.165) is 13.1 Å². The molecule has 0 aliphatic carbocycles. The third kappa shape index (κ3) is 4.82. The summed E-state index contributed by atoms with van der Waals surface area (Å²) in [7, 11) is -1.65. The van der Waals surface area contributed by atoms with E-state index < -0.39 is 8.53 Å². The molecule has 6 nitrogen and oxygen atoms in total. The van der Waals surface area contributed by atoms with Crippen LogP contribution >= 0.6 is 8.53 Å². The highest BCUT2D eigenvalue weighted by Gasteiger charge is 2.14. The summed E-state index contributed by atoms with van der Waals surface area (Å²) in [6.45, 7) is 3.06. The quantitative estimate of drug-likeness (QED) is 0.499. The highest BCUT2D eigenvalue weighted by molar-refractivity contribution is 7.43. The number of nitriles is 1. The Morgan fingerprint density at radius 2 is 2.29 bits per heavy atom. The predicted octanol–water partition coefficient (Wildman–Crippen LogP) is -0.0273. The minimum Gasteiger partial charge on any atom is -0.379 e. The van der Waals surface area contributed by atoms with E-state index in [2.05, 4.69) is 5.20 Å². The third-order valence-electron chi connectivity index (χ3n) is 1.67. The molecule has 0 radical (unpaired) electrons. The Morgan fingerprint density at radius 3 is 2.93 bits per heavy atom. The highest BCUT2D eigenvalue weighted by atomic mass is 31.2. The molecular formula is C7H14N3O3P. The summed E-state index contributed by atoms with van der Waals surface area (Å²) >= 11 is 0. The van der Waals surface area contributed by atoms with Crippen LogP contribution < -0.4 is 5.20 Å². The summed E-state index contributed by atoms with van der Waals surface area (Å²) in [5, 5.41) is 12.9. The van der Waals surface area contributed by atoms with Crippen molar-refractivity contribution >= 4 is 8.53 Å². The van der Waals surface area contributed by atoms with Gasteiger partial charge in [-0.1, -0.05) is 0 Å². The molecule has 1 unspecified atom stereocenters. The largest absolute Gasteiger partial charge is 0.379 e. The van der Waals surface area contributed by atoms with E-state index in [-0.39, 0.29) is 6.61 Å². The van der Waals surface area contributed by atoms with Crippen LogP contribution in [0.3, 0.4) is 0 Å². The normalized spacial score (nSPS) is 20.3. The van der Waals surface area contributed by atoms with Crippen LogP contribution in [0.1, 0.15) is 6.42 Å². The monoisotopic (exact) mass is 219 g/mol. The minimum atomic E-state index is -1.65. The Balaban J connectivity index is 2.06. The fourth-order valence-corrected chi connectivity index (χ4v) is 1.75. The topological polar surface area (TPSA) is 77.8 Å². The van der Waals surface area contributed by atoms with Crippen LogP contribution in [0.4, 0.5) is 0 Å². The molecule has 0 aromatic carbocycles. The average molecular weight is 219 g/mol. The van der Waals surface area contributed by atoms with Gasteiger partial charge in [0.15, 0.2) is 0 Å². The van der Waals surface area contributed by atoms with Crippen molar-refractivity contribution in [1.29, 1.82) is 5.26 Å². The second kappa shape index (κ2) is 7.07. The molecule has 0 aromatic rings. The number of hydrogen-bond donors (Lipinski definition) is 2. The van der Waals surface area contributed by atoms with Crippen molar-refractivity contribution in [3.05, 3.63) is 0 Å². The Bertz CT molecular complexity index is 193. The molecule has 1 saturated heterocycles. The first-order valence-electron chi connectivity index (χ1n) is 4.41. The molecule has 0 amide bonds. The Labute approximate surface area is 84.3 Å². The Morgan fingerprint density at radius 1 is 1.57 bits per heavy atom. The second-order valence-electron chi connectivity index (χ2n) is 2.71. The first-order valence-corrected chi connectivity index (χ1v) is 5.62. The molecule has 1 fully saturated rings. The summed E-state index contributed by atoms with van der Waals surface area (Å²) in [6.07, 6.45) is 0.296. The third-order valence-corrected chi connectivity index (χ3v) is 2.55. The first kappa shape index (κ1) is 11.8. The molecule has 1 aliphatic heterocycles. The van der Waals surface area contributed by atoms with Crippen LogP contribution in [0.15, 0.2) is 0 Å². The first-order chi connectivity index (χ1) is 6.83. The molecule has 14 heavy (non-hydrogen) atoms. The van der Waals surface area contributed by atoms with Crippen LogP contribution in [0.5, 0.6) is 0 Å². The standard InChI is InChI=1S/C7H14N3O3P/c8-2-1-5-13-14(11)9-10-3-6-12-7-4-10/h9,11H,1,3-7H2. The van der Waals surface area contributed by atoms with Gasteiger partial charge in [0.2, 0.25) is 0 Å². The van der Waals surface area contributed by atoms with Gasteiger partial charge in [-0.25, -0.2) is 5.01 Å². The van der Waals surface area contributed by atoms with Crippen LogP contribution in [-0.2, 0) is 9.26 Å². The highest BCUT2D eigenvalue weighted by Crippen LogP contribution is 2.26. The molecule has 0 saturated carbocycles. The van der Waals surface area contributed by atoms with Crippen molar-refractivity contribution in [3.63, 3.8) is 0 Å². The molecule has 0 bridgehead atoms. The van der Waals surface area contributed by atoms with Gasteiger partial charge >= 0.3 is 0 Å². The van der Waals surface area contributed by atoms with E-state index in [1.54, 1.807) is 0 Å². The number of hydrazine groups is 1. The molecule has 1 heterocycles. The van der Waals surface area contributed by atoms with E-state index in [0.29, 0.717) is 19.6 Å². The van der Waals surface area contributed by atoms with Crippen LogP contribution in [0.2, 0.25) is 0 Å². The van der Waals surface area contributed by atoms with Crippen molar-refractivity contribution in [1.82, 2.24) is 10.2 Å². The number of nitrogens with zero attached hydrogens (tertiary/aromatic N) is 2. The predicted molar refractivity (Wildman–Crippen MR) is 50.8 cm³/mol. The fourth-order valence-electron chi connectivity index (χ4n) is 0.991. The van der Waals surface area contributed by atoms with Gasteiger partial charge in [-0.05, 0) is 0 Å². The van der Waals surface area contributed by atoms with Gasteiger partial charge in [-0.15, -0.1) is 0 Å². The van der Waals surface area contributed by atoms with E-state index in [1.165, 1.54) is 0 Å². The van der Waals surface area contributed by atoms with Gasteiger partial charge in [-0.2, -0.15) is 10.5 Å². The summed E-state index contributed by atoms with van der Waals surface area (Å²) in [6, 6.07) is 1.94. The number of ether oxygens (including phenoxy) is 1. The summed E-state index contributed by atoms with van der Waals surface area (Å²) < 4.78 is 10.1. The van der Waals surface area contributed by atoms with Crippen LogP contribution in [0.25, 0.3) is 0 Å². The summed E-state index contributed by atoms with van der Waals surface area (Å²) in [5.74, 6) is 0. The smallest absolute Gasteiger partial charge is 0.267 e. The molecule has 7 heteroatoms. The maximum absolute atomic E-state index is 9.37. The fraction of sp³-hybridized carbons (Fsp3) is 0.857. The van der Waals surface area contributed by atoms with Crippen molar-refractivity contribution < 1.29 is 14.2 Å². The molecule has 1 atom stereocenters.